The SMILES string of the molecule is CN=C(NCCc1cn2ccccc2n1)NC1CCC(C(C)C)CC1. The molecule has 2 N–H and O–H groups in total. The number of aliphatic imine (C=N–C) groups is 1. The molecule has 136 valence electrons. The van der Waals surface area contributed by atoms with Crippen molar-refractivity contribution in [2.24, 2.45) is 16.8 Å². The highest BCUT2D eigenvalue weighted by molar-refractivity contribution is 5.79. The Labute approximate surface area is 151 Å². The van der Waals surface area contributed by atoms with Crippen LogP contribution in [-0.2, 0) is 6.42 Å². The number of nitrogens with one attached hydrogen (secondary N) is 2. The van der Waals surface area contributed by atoms with Gasteiger partial charge in [-0.2, -0.15) is 0 Å². The summed E-state index contributed by atoms with van der Waals surface area (Å²) in [6, 6.07) is 6.63. The fourth-order valence-corrected chi connectivity index (χ4v) is 3.73. The third-order valence-electron chi connectivity index (χ3n) is 5.37. The van der Waals surface area contributed by atoms with Crippen molar-refractivity contribution in [1.29, 1.82) is 0 Å². The minimum atomic E-state index is 0.552. The van der Waals surface area contributed by atoms with Crippen molar-refractivity contribution in [2.75, 3.05) is 13.6 Å². The third kappa shape index (κ3) is 4.74. The quantitative estimate of drug-likeness (QED) is 0.648. The van der Waals surface area contributed by atoms with Gasteiger partial charge in [0.15, 0.2) is 5.96 Å². The van der Waals surface area contributed by atoms with Crippen molar-refractivity contribution in [2.45, 2.75) is 52.0 Å². The van der Waals surface area contributed by atoms with Gasteiger partial charge in [-0.05, 0) is 49.7 Å². The molecule has 1 fully saturated rings. The first kappa shape index (κ1) is 17.8. The summed E-state index contributed by atoms with van der Waals surface area (Å²) >= 11 is 0. The van der Waals surface area contributed by atoms with Gasteiger partial charge in [-0.15, -0.1) is 0 Å². The van der Waals surface area contributed by atoms with Gasteiger partial charge in [0.2, 0.25) is 0 Å². The van der Waals surface area contributed by atoms with Gasteiger partial charge in [-0.3, -0.25) is 4.99 Å². The van der Waals surface area contributed by atoms with E-state index in [0.29, 0.717) is 6.04 Å². The van der Waals surface area contributed by atoms with Crippen LogP contribution in [0.25, 0.3) is 5.65 Å². The van der Waals surface area contributed by atoms with Gasteiger partial charge in [0.1, 0.15) is 5.65 Å². The summed E-state index contributed by atoms with van der Waals surface area (Å²) in [5.74, 6) is 2.61. The van der Waals surface area contributed by atoms with Crippen LogP contribution in [0.3, 0.4) is 0 Å². The molecule has 0 spiro atoms. The zero-order valence-corrected chi connectivity index (χ0v) is 15.7. The van der Waals surface area contributed by atoms with Gasteiger partial charge >= 0.3 is 0 Å². The van der Waals surface area contributed by atoms with Gasteiger partial charge in [-0.25, -0.2) is 4.98 Å². The van der Waals surface area contributed by atoms with Gasteiger partial charge in [0.25, 0.3) is 0 Å². The molecule has 1 saturated carbocycles. The molecule has 0 saturated heterocycles. The average molecular weight is 342 g/mol. The van der Waals surface area contributed by atoms with Crippen molar-refractivity contribution in [3.05, 3.63) is 36.3 Å². The van der Waals surface area contributed by atoms with Gasteiger partial charge in [0, 0.05) is 38.4 Å². The summed E-state index contributed by atoms with van der Waals surface area (Å²) in [4.78, 5) is 9.02. The predicted octanol–water partition coefficient (Wildman–Crippen LogP) is 3.26. The maximum atomic E-state index is 4.64. The maximum absolute atomic E-state index is 4.64. The molecule has 2 aromatic rings. The summed E-state index contributed by atoms with van der Waals surface area (Å²) in [5, 5.41) is 7.02. The van der Waals surface area contributed by atoms with Crippen molar-refractivity contribution < 1.29 is 0 Å². The number of aromatic nitrogens is 2. The Bertz CT molecular complexity index is 662. The third-order valence-corrected chi connectivity index (χ3v) is 5.37. The van der Waals surface area contributed by atoms with Crippen LogP contribution in [-0.4, -0.2) is 35.0 Å². The molecule has 1 aliphatic carbocycles. The Kier molecular flexibility index (Phi) is 5.95. The normalized spacial score (nSPS) is 21.7. The molecule has 2 heterocycles. The number of rotatable bonds is 5. The molecule has 3 rings (SSSR count). The fraction of sp³-hybridized carbons (Fsp3) is 0.600. The molecule has 0 unspecified atom stereocenters. The molecule has 0 radical (unpaired) electrons. The predicted molar refractivity (Wildman–Crippen MR) is 104 cm³/mol. The van der Waals surface area contributed by atoms with Crippen molar-refractivity contribution in [3.8, 4) is 0 Å². The van der Waals surface area contributed by atoms with Gasteiger partial charge < -0.3 is 15.0 Å². The van der Waals surface area contributed by atoms with Crippen LogP contribution in [0.4, 0.5) is 0 Å². The van der Waals surface area contributed by atoms with Gasteiger partial charge in [-0.1, -0.05) is 19.9 Å². The van der Waals surface area contributed by atoms with E-state index in [-0.39, 0.29) is 0 Å². The molecule has 0 bridgehead atoms. The van der Waals surface area contributed by atoms with E-state index in [2.05, 4.69) is 45.1 Å². The number of hydrogen-bond donors (Lipinski definition) is 2. The number of pyridine rings is 1. The van der Waals surface area contributed by atoms with Gasteiger partial charge in [0.05, 0.1) is 5.69 Å². The summed E-state index contributed by atoms with van der Waals surface area (Å²) in [7, 11) is 1.85. The van der Waals surface area contributed by atoms with E-state index in [1.807, 2.05) is 31.4 Å². The molecule has 0 aliphatic heterocycles. The second kappa shape index (κ2) is 8.37. The largest absolute Gasteiger partial charge is 0.356 e. The van der Waals surface area contributed by atoms with E-state index in [4.69, 9.17) is 0 Å². The molecular weight excluding hydrogens is 310 g/mol. The standard InChI is InChI=1S/C20H31N5/c1-15(2)16-7-9-17(10-8-16)24-20(21-3)22-12-11-18-14-25-13-5-4-6-19(25)23-18/h4-6,13-17H,7-12H2,1-3H3,(H2,21,22,24). The van der Waals surface area contributed by atoms with E-state index in [0.717, 1.165) is 42.1 Å². The van der Waals surface area contributed by atoms with E-state index >= 15 is 0 Å². The van der Waals surface area contributed by atoms with E-state index in [9.17, 15) is 0 Å². The lowest BCUT2D eigenvalue weighted by atomic mass is 9.80. The first-order valence-corrected chi connectivity index (χ1v) is 9.55. The summed E-state index contributed by atoms with van der Waals surface area (Å²) in [6.45, 7) is 5.53. The number of guanidine groups is 1. The Morgan fingerprint density at radius 3 is 2.76 bits per heavy atom. The highest BCUT2D eigenvalue weighted by Gasteiger charge is 2.23. The lowest BCUT2D eigenvalue weighted by molar-refractivity contribution is 0.250. The smallest absolute Gasteiger partial charge is 0.191 e. The Balaban J connectivity index is 1.43. The summed E-state index contributed by atoms with van der Waals surface area (Å²) < 4.78 is 2.07. The minimum absolute atomic E-state index is 0.552. The van der Waals surface area contributed by atoms with Crippen LogP contribution in [0.15, 0.2) is 35.6 Å². The topological polar surface area (TPSA) is 53.7 Å². The van der Waals surface area contributed by atoms with Crippen LogP contribution in [0.1, 0.15) is 45.2 Å². The van der Waals surface area contributed by atoms with E-state index in [1.54, 1.807) is 0 Å². The highest BCUT2D eigenvalue weighted by atomic mass is 15.2. The molecule has 0 amide bonds. The Morgan fingerprint density at radius 2 is 2.08 bits per heavy atom. The number of nitrogens with zero attached hydrogens (tertiary/aromatic N) is 3. The molecule has 0 aromatic carbocycles. The monoisotopic (exact) mass is 341 g/mol. The summed E-state index contributed by atoms with van der Waals surface area (Å²) in [6.07, 6.45) is 10.2. The highest BCUT2D eigenvalue weighted by Crippen LogP contribution is 2.29. The first-order chi connectivity index (χ1) is 12.2. The van der Waals surface area contributed by atoms with Crippen LogP contribution in [0, 0.1) is 11.8 Å². The molecule has 5 heteroatoms. The molecule has 25 heavy (non-hydrogen) atoms. The second-order valence-corrected chi connectivity index (χ2v) is 7.45. The van der Waals surface area contributed by atoms with E-state index < -0.39 is 0 Å². The number of imidazole rings is 1. The Hall–Kier alpha value is -2.04. The zero-order valence-electron chi connectivity index (χ0n) is 15.7. The average Bonchev–Trinajstić information content (AvgIpc) is 3.04. The van der Waals surface area contributed by atoms with Crippen LogP contribution >= 0.6 is 0 Å². The fourth-order valence-electron chi connectivity index (χ4n) is 3.73. The lowest BCUT2D eigenvalue weighted by Crippen LogP contribution is -2.45. The van der Waals surface area contributed by atoms with Crippen LogP contribution in [0.2, 0.25) is 0 Å². The number of hydrogen-bond acceptors (Lipinski definition) is 2. The Morgan fingerprint density at radius 1 is 1.28 bits per heavy atom. The lowest BCUT2D eigenvalue weighted by Gasteiger charge is -2.32. The van der Waals surface area contributed by atoms with Crippen LogP contribution in [0.5, 0.6) is 0 Å². The minimum Gasteiger partial charge on any atom is -0.356 e. The molecule has 1 aliphatic rings. The first-order valence-electron chi connectivity index (χ1n) is 9.55. The van der Waals surface area contributed by atoms with Crippen LogP contribution < -0.4 is 10.6 Å². The molecule has 5 nitrogen and oxygen atoms in total. The van der Waals surface area contributed by atoms with Crippen molar-refractivity contribution >= 4 is 11.6 Å². The second-order valence-electron chi connectivity index (χ2n) is 7.45. The number of fused-ring (bicyclic) bond motifs is 1. The van der Waals surface area contributed by atoms with E-state index in [1.165, 1.54) is 25.7 Å². The zero-order chi connectivity index (χ0) is 17.6. The molecular formula is C20H31N5. The summed E-state index contributed by atoms with van der Waals surface area (Å²) in [5.41, 5.74) is 2.11. The van der Waals surface area contributed by atoms with Crippen molar-refractivity contribution in [3.63, 3.8) is 0 Å². The van der Waals surface area contributed by atoms with Crippen molar-refractivity contribution in [1.82, 2.24) is 20.0 Å². The maximum Gasteiger partial charge on any atom is 0.191 e. The molecule has 0 atom stereocenters. The molecule has 2 aromatic heterocycles.